The lowest BCUT2D eigenvalue weighted by Gasteiger charge is -2.24. The molecule has 0 aliphatic rings. The molecule has 0 saturated heterocycles. The van der Waals surface area contributed by atoms with Gasteiger partial charge >= 0.3 is 12.1 Å². The second kappa shape index (κ2) is 8.17. The molecular formula is C16H22ClNO5. The molecule has 0 aliphatic carbocycles. The van der Waals surface area contributed by atoms with Crippen LogP contribution in [-0.4, -0.2) is 41.5 Å². The molecule has 0 fully saturated rings. The van der Waals surface area contributed by atoms with Crippen LogP contribution in [0.1, 0.15) is 38.1 Å². The highest BCUT2D eigenvalue weighted by Crippen LogP contribution is 2.11. The van der Waals surface area contributed by atoms with Crippen molar-refractivity contribution < 1.29 is 24.2 Å². The van der Waals surface area contributed by atoms with Gasteiger partial charge in [0.2, 0.25) is 0 Å². The summed E-state index contributed by atoms with van der Waals surface area (Å²) in [6.45, 7) is 6.55. The monoisotopic (exact) mass is 343 g/mol. The first-order valence-corrected chi connectivity index (χ1v) is 7.56. The maximum absolute atomic E-state index is 11.8. The van der Waals surface area contributed by atoms with E-state index in [0.717, 1.165) is 0 Å². The van der Waals surface area contributed by atoms with Gasteiger partial charge in [0.1, 0.15) is 18.3 Å². The van der Waals surface area contributed by atoms with E-state index in [4.69, 9.17) is 21.1 Å². The minimum Gasteiger partial charge on any atom is -0.459 e. The predicted octanol–water partition coefficient (Wildman–Crippen LogP) is 2.77. The number of alkyl carbamates (subject to hydrolysis) is 1. The summed E-state index contributed by atoms with van der Waals surface area (Å²) in [5, 5.41) is 12.9. The fraction of sp³-hybridized carbons (Fsp3) is 0.500. The highest BCUT2D eigenvalue weighted by molar-refractivity contribution is 6.30. The number of carbonyl (C=O) groups excluding carboxylic acids is 2. The zero-order chi connectivity index (χ0) is 17.6. The van der Waals surface area contributed by atoms with E-state index in [0.29, 0.717) is 10.6 Å². The van der Waals surface area contributed by atoms with Crippen molar-refractivity contribution in [2.75, 3.05) is 6.61 Å². The first kappa shape index (κ1) is 19.3. The fourth-order valence-electron chi connectivity index (χ4n) is 1.56. The summed E-state index contributed by atoms with van der Waals surface area (Å²) in [7, 11) is 0. The van der Waals surface area contributed by atoms with Crippen molar-refractivity contribution >= 4 is 23.7 Å². The lowest BCUT2D eigenvalue weighted by Crippen LogP contribution is -2.45. The van der Waals surface area contributed by atoms with Crippen molar-refractivity contribution in [3.05, 3.63) is 34.9 Å². The van der Waals surface area contributed by atoms with Crippen molar-refractivity contribution in [3.63, 3.8) is 0 Å². The molecule has 2 atom stereocenters. The SMILES string of the molecule is CC(NC(=O)OC(C)(C)C)C(O)COC(=O)c1ccc(Cl)cc1. The van der Waals surface area contributed by atoms with E-state index in [2.05, 4.69) is 5.32 Å². The zero-order valence-electron chi connectivity index (χ0n) is 13.6. The number of aliphatic hydroxyl groups excluding tert-OH is 1. The summed E-state index contributed by atoms with van der Waals surface area (Å²) < 4.78 is 10.1. The molecule has 0 aliphatic heterocycles. The third kappa shape index (κ3) is 7.34. The van der Waals surface area contributed by atoms with Gasteiger partial charge in [-0.3, -0.25) is 0 Å². The van der Waals surface area contributed by atoms with Gasteiger partial charge in [0.25, 0.3) is 0 Å². The molecule has 1 amide bonds. The van der Waals surface area contributed by atoms with E-state index in [1.54, 1.807) is 39.8 Å². The van der Waals surface area contributed by atoms with E-state index in [-0.39, 0.29) is 6.61 Å². The van der Waals surface area contributed by atoms with Crippen molar-refractivity contribution in [2.24, 2.45) is 0 Å². The number of esters is 1. The Morgan fingerprint density at radius 2 is 1.83 bits per heavy atom. The molecule has 7 heteroatoms. The lowest BCUT2D eigenvalue weighted by atomic mass is 10.2. The Morgan fingerprint density at radius 3 is 2.35 bits per heavy atom. The minimum absolute atomic E-state index is 0.252. The van der Waals surface area contributed by atoms with Crippen LogP contribution in [0.5, 0.6) is 0 Å². The summed E-state index contributed by atoms with van der Waals surface area (Å²) in [4.78, 5) is 23.4. The highest BCUT2D eigenvalue weighted by atomic mass is 35.5. The van der Waals surface area contributed by atoms with Crippen LogP contribution in [0.3, 0.4) is 0 Å². The minimum atomic E-state index is -1.06. The van der Waals surface area contributed by atoms with Gasteiger partial charge in [-0.2, -0.15) is 0 Å². The van der Waals surface area contributed by atoms with Crippen LogP contribution in [-0.2, 0) is 9.47 Å². The average Bonchev–Trinajstić information content (AvgIpc) is 2.42. The van der Waals surface area contributed by atoms with Crippen LogP contribution >= 0.6 is 11.6 Å². The summed E-state index contributed by atoms with van der Waals surface area (Å²) in [5.74, 6) is -0.579. The smallest absolute Gasteiger partial charge is 0.407 e. The number of ether oxygens (including phenoxy) is 2. The predicted molar refractivity (Wildman–Crippen MR) is 86.6 cm³/mol. The van der Waals surface area contributed by atoms with Gasteiger partial charge in [-0.25, -0.2) is 9.59 Å². The number of aliphatic hydroxyl groups is 1. The van der Waals surface area contributed by atoms with Gasteiger partial charge in [0, 0.05) is 5.02 Å². The standard InChI is InChI=1S/C16H22ClNO5/c1-10(18-15(21)23-16(2,3)4)13(19)9-22-14(20)11-5-7-12(17)8-6-11/h5-8,10,13,19H,9H2,1-4H3,(H,18,21). The lowest BCUT2D eigenvalue weighted by molar-refractivity contribution is 0.0129. The Hall–Kier alpha value is -1.79. The highest BCUT2D eigenvalue weighted by Gasteiger charge is 2.22. The average molecular weight is 344 g/mol. The number of halogens is 1. The quantitative estimate of drug-likeness (QED) is 0.803. The van der Waals surface area contributed by atoms with Gasteiger partial charge in [-0.15, -0.1) is 0 Å². The summed E-state index contributed by atoms with van der Waals surface area (Å²) >= 11 is 5.74. The molecule has 1 aromatic carbocycles. The van der Waals surface area contributed by atoms with Crippen LogP contribution in [0.4, 0.5) is 4.79 Å². The number of carbonyl (C=O) groups is 2. The van der Waals surface area contributed by atoms with E-state index in [9.17, 15) is 14.7 Å². The molecule has 0 radical (unpaired) electrons. The topological polar surface area (TPSA) is 84.9 Å². The van der Waals surface area contributed by atoms with Gasteiger partial charge in [0.05, 0.1) is 11.6 Å². The zero-order valence-corrected chi connectivity index (χ0v) is 14.4. The molecule has 128 valence electrons. The molecular weight excluding hydrogens is 322 g/mol. The van der Waals surface area contributed by atoms with Gasteiger partial charge in [0.15, 0.2) is 0 Å². The molecule has 2 unspecified atom stereocenters. The second-order valence-electron chi connectivity index (χ2n) is 6.11. The normalized spacial score (nSPS) is 13.8. The van der Waals surface area contributed by atoms with Crippen molar-refractivity contribution in [1.82, 2.24) is 5.32 Å². The molecule has 0 bridgehead atoms. The number of amides is 1. The van der Waals surface area contributed by atoms with E-state index < -0.39 is 29.8 Å². The number of hydrogen-bond donors (Lipinski definition) is 2. The molecule has 0 aromatic heterocycles. The maximum atomic E-state index is 11.8. The third-order valence-corrected chi connectivity index (χ3v) is 3.04. The number of benzene rings is 1. The van der Waals surface area contributed by atoms with Crippen molar-refractivity contribution in [1.29, 1.82) is 0 Å². The molecule has 1 rings (SSSR count). The Balaban J connectivity index is 2.43. The maximum Gasteiger partial charge on any atom is 0.407 e. The fourth-order valence-corrected chi connectivity index (χ4v) is 1.69. The molecule has 6 nitrogen and oxygen atoms in total. The summed E-state index contributed by atoms with van der Waals surface area (Å²) in [6, 6.07) is 5.56. The third-order valence-electron chi connectivity index (χ3n) is 2.79. The number of nitrogens with one attached hydrogen (secondary N) is 1. The number of rotatable bonds is 5. The molecule has 0 heterocycles. The largest absolute Gasteiger partial charge is 0.459 e. The Labute approximate surface area is 140 Å². The van der Waals surface area contributed by atoms with Crippen LogP contribution in [0, 0.1) is 0 Å². The van der Waals surface area contributed by atoms with E-state index in [1.165, 1.54) is 12.1 Å². The molecule has 2 N–H and O–H groups in total. The second-order valence-corrected chi connectivity index (χ2v) is 6.54. The Kier molecular flexibility index (Phi) is 6.84. The van der Waals surface area contributed by atoms with Crippen molar-refractivity contribution in [3.8, 4) is 0 Å². The van der Waals surface area contributed by atoms with Gasteiger partial charge < -0.3 is 19.9 Å². The van der Waals surface area contributed by atoms with E-state index >= 15 is 0 Å². The Morgan fingerprint density at radius 1 is 1.26 bits per heavy atom. The molecule has 1 aromatic rings. The Bertz CT molecular complexity index is 538. The van der Waals surface area contributed by atoms with Crippen molar-refractivity contribution in [2.45, 2.75) is 45.4 Å². The van der Waals surface area contributed by atoms with Crippen LogP contribution in [0.15, 0.2) is 24.3 Å². The first-order valence-electron chi connectivity index (χ1n) is 7.19. The van der Waals surface area contributed by atoms with Gasteiger partial charge in [-0.1, -0.05) is 11.6 Å². The van der Waals surface area contributed by atoms with Gasteiger partial charge in [-0.05, 0) is 52.0 Å². The molecule has 23 heavy (non-hydrogen) atoms. The molecule has 0 saturated carbocycles. The van der Waals surface area contributed by atoms with E-state index in [1.807, 2.05) is 0 Å². The summed E-state index contributed by atoms with van der Waals surface area (Å²) in [6.07, 6.45) is -1.70. The van der Waals surface area contributed by atoms with Crippen LogP contribution in [0.25, 0.3) is 0 Å². The first-order chi connectivity index (χ1) is 10.6. The molecule has 0 spiro atoms. The number of hydrogen-bond acceptors (Lipinski definition) is 5. The van der Waals surface area contributed by atoms with Crippen LogP contribution < -0.4 is 5.32 Å². The van der Waals surface area contributed by atoms with Crippen LogP contribution in [0.2, 0.25) is 5.02 Å². The summed E-state index contributed by atoms with van der Waals surface area (Å²) in [5.41, 5.74) is -0.301.